The summed E-state index contributed by atoms with van der Waals surface area (Å²) in [6.45, 7) is 0. The number of azo groups is 1. The van der Waals surface area contributed by atoms with E-state index in [0.29, 0.717) is 22.5 Å². The summed E-state index contributed by atoms with van der Waals surface area (Å²) < 4.78 is 0. The van der Waals surface area contributed by atoms with Crippen molar-refractivity contribution < 1.29 is 19.5 Å². The van der Waals surface area contributed by atoms with Crippen LogP contribution in [0.1, 0.15) is 21.5 Å². The summed E-state index contributed by atoms with van der Waals surface area (Å²) in [5.74, 6) is -1.46. The fourth-order valence-corrected chi connectivity index (χ4v) is 3.54. The first-order valence-corrected chi connectivity index (χ1v) is 11.0. The topological polar surface area (TPSA) is 100 Å². The second kappa shape index (κ2) is 10.7. The number of halogens is 1. The van der Waals surface area contributed by atoms with Gasteiger partial charge in [-0.2, -0.15) is 0 Å². The van der Waals surface area contributed by atoms with Crippen molar-refractivity contribution in [1.82, 2.24) is 0 Å². The van der Waals surface area contributed by atoms with Gasteiger partial charge in [-0.3, -0.25) is 4.79 Å². The maximum Gasteiger partial charge on any atom is 0.364 e. The fraction of sp³-hybridized carbons (Fsp3) is 0.0370. The Morgan fingerprint density at radius 1 is 0.771 bits per heavy atom. The number of carbonyl (C=O) groups excluding carboxylic acids is 2. The second-order valence-electron chi connectivity index (χ2n) is 7.47. The van der Waals surface area contributed by atoms with E-state index in [0.717, 1.165) is 0 Å². The van der Waals surface area contributed by atoms with E-state index in [2.05, 4.69) is 15.7 Å². The van der Waals surface area contributed by atoms with Gasteiger partial charge in [-0.25, -0.2) is 10.3 Å². The molecule has 0 atom stereocenters. The van der Waals surface area contributed by atoms with Crippen molar-refractivity contribution in [2.75, 3.05) is 5.48 Å². The zero-order valence-electron chi connectivity index (χ0n) is 18.3. The van der Waals surface area contributed by atoms with E-state index in [-0.39, 0.29) is 10.6 Å². The molecular formula is C27H20ClN3O4. The van der Waals surface area contributed by atoms with Crippen molar-refractivity contribution >= 4 is 34.9 Å². The van der Waals surface area contributed by atoms with Gasteiger partial charge in [0, 0.05) is 0 Å². The Bertz CT molecular complexity index is 1300. The van der Waals surface area contributed by atoms with E-state index in [9.17, 15) is 14.7 Å². The van der Waals surface area contributed by atoms with Crippen LogP contribution in [0, 0.1) is 0 Å². The number of carbonyl (C=O) groups is 2. The highest BCUT2D eigenvalue weighted by Crippen LogP contribution is 2.31. The van der Waals surface area contributed by atoms with Crippen molar-refractivity contribution in [3.8, 4) is 0 Å². The molecule has 0 aliphatic rings. The van der Waals surface area contributed by atoms with Crippen LogP contribution < -0.4 is 5.48 Å². The number of hydrogen-bond acceptors (Lipinski definition) is 6. The minimum Gasteiger partial charge on any atom is -0.372 e. The molecule has 0 saturated heterocycles. The molecule has 2 N–H and O–H groups in total. The predicted molar refractivity (Wildman–Crippen MR) is 132 cm³/mol. The molecule has 0 unspecified atom stereocenters. The Morgan fingerprint density at radius 2 is 1.31 bits per heavy atom. The maximum absolute atomic E-state index is 13.1. The lowest BCUT2D eigenvalue weighted by molar-refractivity contribution is -0.133. The molecule has 0 heterocycles. The minimum absolute atomic E-state index is 0.231. The molecule has 0 aromatic heterocycles. The van der Waals surface area contributed by atoms with Gasteiger partial charge < -0.3 is 9.94 Å². The summed E-state index contributed by atoms with van der Waals surface area (Å²) in [7, 11) is 0. The summed E-state index contributed by atoms with van der Waals surface area (Å²) in [4.78, 5) is 30.3. The maximum atomic E-state index is 13.1. The van der Waals surface area contributed by atoms with Crippen molar-refractivity contribution in [2.24, 2.45) is 10.2 Å². The lowest BCUT2D eigenvalue weighted by Gasteiger charge is -2.25. The zero-order valence-corrected chi connectivity index (χ0v) is 19.1. The van der Waals surface area contributed by atoms with Gasteiger partial charge in [0.15, 0.2) is 5.60 Å². The monoisotopic (exact) mass is 485 g/mol. The summed E-state index contributed by atoms with van der Waals surface area (Å²) in [6.07, 6.45) is 0. The number of rotatable bonds is 7. The Labute approximate surface area is 206 Å². The highest BCUT2D eigenvalue weighted by atomic mass is 35.5. The molecule has 174 valence electrons. The van der Waals surface area contributed by atoms with E-state index in [4.69, 9.17) is 16.4 Å². The van der Waals surface area contributed by atoms with E-state index < -0.39 is 17.5 Å². The van der Waals surface area contributed by atoms with Crippen molar-refractivity contribution in [3.05, 3.63) is 131 Å². The van der Waals surface area contributed by atoms with E-state index in [1.807, 2.05) is 0 Å². The summed E-state index contributed by atoms with van der Waals surface area (Å²) in [5.41, 5.74) is 2.39. The second-order valence-corrected chi connectivity index (χ2v) is 7.87. The van der Waals surface area contributed by atoms with Gasteiger partial charge in [-0.05, 0) is 47.5 Å². The zero-order chi connectivity index (χ0) is 24.7. The molecule has 0 spiro atoms. The van der Waals surface area contributed by atoms with Crippen LogP contribution in [-0.4, -0.2) is 17.0 Å². The molecule has 0 aliphatic heterocycles. The summed E-state index contributed by atoms with van der Waals surface area (Å²) >= 11 is 6.00. The van der Waals surface area contributed by atoms with Crippen LogP contribution in [0.25, 0.3) is 0 Å². The van der Waals surface area contributed by atoms with Gasteiger partial charge in [0.25, 0.3) is 0 Å². The first-order chi connectivity index (χ1) is 17.0. The lowest BCUT2D eigenvalue weighted by atomic mass is 9.86. The van der Waals surface area contributed by atoms with E-state index in [1.165, 1.54) is 0 Å². The Hall–Kier alpha value is -4.33. The van der Waals surface area contributed by atoms with Crippen LogP contribution in [0.3, 0.4) is 0 Å². The highest BCUT2D eigenvalue weighted by molar-refractivity contribution is 6.33. The van der Waals surface area contributed by atoms with Crippen molar-refractivity contribution in [1.29, 1.82) is 0 Å². The molecule has 1 amide bonds. The smallest absolute Gasteiger partial charge is 0.364 e. The number of anilines is 1. The van der Waals surface area contributed by atoms with Crippen LogP contribution in [0.2, 0.25) is 5.02 Å². The summed E-state index contributed by atoms with van der Waals surface area (Å²) in [6, 6.07) is 30.0. The van der Waals surface area contributed by atoms with Crippen molar-refractivity contribution in [2.45, 2.75) is 5.60 Å². The molecule has 8 heteroatoms. The van der Waals surface area contributed by atoms with Gasteiger partial charge >= 0.3 is 11.9 Å². The Balaban J connectivity index is 1.46. The van der Waals surface area contributed by atoms with Gasteiger partial charge in [-0.15, -0.1) is 10.2 Å². The number of amides is 1. The largest absolute Gasteiger partial charge is 0.372 e. The molecule has 0 radical (unpaired) electrons. The number of nitrogens with one attached hydrogen (secondary N) is 1. The van der Waals surface area contributed by atoms with Crippen LogP contribution in [0.15, 0.2) is 119 Å². The van der Waals surface area contributed by atoms with Gasteiger partial charge in [0.1, 0.15) is 0 Å². The molecule has 35 heavy (non-hydrogen) atoms. The normalized spacial score (nSPS) is 11.3. The first kappa shape index (κ1) is 23.8. The molecule has 0 saturated carbocycles. The third-order valence-corrected chi connectivity index (χ3v) is 5.50. The average molecular weight is 486 g/mol. The third-order valence-electron chi connectivity index (χ3n) is 5.17. The highest BCUT2D eigenvalue weighted by Gasteiger charge is 2.40. The van der Waals surface area contributed by atoms with Gasteiger partial charge in [-0.1, -0.05) is 84.4 Å². The van der Waals surface area contributed by atoms with Crippen molar-refractivity contribution in [3.63, 3.8) is 0 Å². The van der Waals surface area contributed by atoms with Crippen LogP contribution >= 0.6 is 11.6 Å². The molecule has 0 aliphatic carbocycles. The molecule has 0 bridgehead atoms. The quantitative estimate of drug-likeness (QED) is 0.244. The Kier molecular flexibility index (Phi) is 7.30. The predicted octanol–water partition coefficient (Wildman–Crippen LogP) is 6.07. The van der Waals surface area contributed by atoms with Gasteiger partial charge in [0.2, 0.25) is 0 Å². The van der Waals surface area contributed by atoms with Crippen LogP contribution in [-0.2, 0) is 15.2 Å². The van der Waals surface area contributed by atoms with E-state index >= 15 is 0 Å². The molecule has 4 aromatic carbocycles. The summed E-state index contributed by atoms with van der Waals surface area (Å²) in [5, 5.41) is 19.5. The molecular weight excluding hydrogens is 466 g/mol. The minimum atomic E-state index is -1.99. The molecule has 7 nitrogen and oxygen atoms in total. The van der Waals surface area contributed by atoms with E-state index in [1.54, 1.807) is 109 Å². The molecule has 4 aromatic rings. The van der Waals surface area contributed by atoms with Gasteiger partial charge in [0.05, 0.1) is 22.0 Å². The molecule has 0 fully saturated rings. The number of hydrogen-bond donors (Lipinski definition) is 2. The lowest BCUT2D eigenvalue weighted by Crippen LogP contribution is -2.35. The number of benzene rings is 4. The third kappa shape index (κ3) is 5.43. The SMILES string of the molecule is O=C(ONc1ccc(N=NC(=O)C(O)(c2ccccc2)c2ccccc2)cc1)c1ccccc1Cl. The number of nitrogens with zero attached hydrogens (tertiary/aromatic N) is 2. The molecule has 4 rings (SSSR count). The number of aliphatic hydroxyl groups is 1. The Morgan fingerprint density at radius 3 is 1.89 bits per heavy atom. The van der Waals surface area contributed by atoms with Crippen LogP contribution in [0.4, 0.5) is 11.4 Å². The average Bonchev–Trinajstić information content (AvgIpc) is 2.91. The standard InChI is InChI=1S/C27H20ClN3O4/c28-24-14-8-7-13-23(24)25(32)35-31-22-17-15-21(16-18-22)29-30-26(33)27(34,19-9-3-1-4-10-19)20-11-5-2-6-12-20/h1-18,31,34H. The fourth-order valence-electron chi connectivity index (χ4n) is 3.33. The first-order valence-electron chi connectivity index (χ1n) is 10.6. The van der Waals surface area contributed by atoms with Crippen LogP contribution in [0.5, 0.6) is 0 Å².